The summed E-state index contributed by atoms with van der Waals surface area (Å²) < 4.78 is 0. The average molecular weight is 428 g/mol. The van der Waals surface area contributed by atoms with Crippen LogP contribution in [0, 0.1) is 13.8 Å². The van der Waals surface area contributed by atoms with E-state index in [0.717, 1.165) is 16.5 Å². The zero-order valence-electron chi connectivity index (χ0n) is 18.2. The Labute approximate surface area is 186 Å². The number of anilines is 2. The molecule has 32 heavy (non-hydrogen) atoms. The molecule has 1 aliphatic heterocycles. The molecule has 8 nitrogen and oxygen atoms in total. The number of aryl methyl sites for hydroxylation is 2. The van der Waals surface area contributed by atoms with Crippen molar-refractivity contribution in [2.45, 2.75) is 13.8 Å². The van der Waals surface area contributed by atoms with Gasteiger partial charge in [-0.25, -0.2) is 14.8 Å². The number of hydrogen-bond acceptors (Lipinski definition) is 5. The number of carbonyl (C=O) groups excluding carboxylic acids is 1. The van der Waals surface area contributed by atoms with Crippen molar-refractivity contribution >= 4 is 28.7 Å². The third kappa shape index (κ3) is 3.99. The first kappa shape index (κ1) is 20.0. The quantitative estimate of drug-likeness (QED) is 0.516. The zero-order valence-corrected chi connectivity index (χ0v) is 18.2. The van der Waals surface area contributed by atoms with Crippen LogP contribution in [-0.4, -0.2) is 57.3 Å². The number of aromatic amines is 1. The van der Waals surface area contributed by atoms with Gasteiger partial charge in [-0.2, -0.15) is 5.10 Å². The second-order valence-corrected chi connectivity index (χ2v) is 8.16. The molecule has 162 valence electrons. The monoisotopic (exact) mass is 427 g/mol. The number of amides is 2. The molecule has 2 aromatic heterocycles. The van der Waals surface area contributed by atoms with E-state index in [4.69, 9.17) is 0 Å². The third-order valence-corrected chi connectivity index (χ3v) is 5.75. The number of benzene rings is 2. The number of aromatic nitrogens is 4. The number of rotatable bonds is 3. The van der Waals surface area contributed by atoms with Gasteiger partial charge in [-0.15, -0.1) is 0 Å². The topological polar surface area (TPSA) is 90.0 Å². The van der Waals surface area contributed by atoms with Crippen LogP contribution >= 0.6 is 0 Å². The molecule has 2 N–H and O–H groups in total. The molecular formula is C24H25N7O. The minimum atomic E-state index is -0.148. The lowest BCUT2D eigenvalue weighted by Gasteiger charge is -2.34. The summed E-state index contributed by atoms with van der Waals surface area (Å²) in [7, 11) is 0. The Bertz CT molecular complexity index is 1240. The van der Waals surface area contributed by atoms with Gasteiger partial charge >= 0.3 is 6.03 Å². The Kier molecular flexibility index (Phi) is 5.18. The van der Waals surface area contributed by atoms with Gasteiger partial charge < -0.3 is 9.80 Å². The van der Waals surface area contributed by atoms with Crippen molar-refractivity contribution < 1.29 is 4.79 Å². The van der Waals surface area contributed by atoms with Gasteiger partial charge in [0.2, 0.25) is 5.95 Å². The van der Waals surface area contributed by atoms with Gasteiger partial charge in [0, 0.05) is 44.0 Å². The molecule has 4 aromatic rings. The summed E-state index contributed by atoms with van der Waals surface area (Å²) in [4.78, 5) is 25.3. The van der Waals surface area contributed by atoms with Crippen LogP contribution in [0.25, 0.3) is 22.0 Å². The Morgan fingerprint density at radius 3 is 2.38 bits per heavy atom. The average Bonchev–Trinajstić information content (AvgIpc) is 3.21. The second kappa shape index (κ2) is 8.30. The highest BCUT2D eigenvalue weighted by atomic mass is 16.2. The molecule has 0 atom stereocenters. The highest BCUT2D eigenvalue weighted by molar-refractivity contribution is 6.00. The SMILES string of the molecule is Cc1cc(C)cc(-c2ccc3c(NC(=O)N4CCN(c5ncccn5)CC4)n[nH]c3c2)c1. The van der Waals surface area contributed by atoms with Crippen molar-refractivity contribution in [3.8, 4) is 11.1 Å². The number of carbonyl (C=O) groups is 1. The number of fused-ring (bicyclic) bond motifs is 1. The van der Waals surface area contributed by atoms with Gasteiger partial charge in [0.05, 0.1) is 5.52 Å². The second-order valence-electron chi connectivity index (χ2n) is 8.16. The highest BCUT2D eigenvalue weighted by Gasteiger charge is 2.23. The fraction of sp³-hybridized carbons (Fsp3) is 0.250. The molecule has 0 aliphatic carbocycles. The van der Waals surface area contributed by atoms with Crippen LogP contribution in [0.5, 0.6) is 0 Å². The lowest BCUT2D eigenvalue weighted by Crippen LogP contribution is -2.50. The molecule has 0 bridgehead atoms. The van der Waals surface area contributed by atoms with Crippen LogP contribution in [0.2, 0.25) is 0 Å². The van der Waals surface area contributed by atoms with E-state index < -0.39 is 0 Å². The summed E-state index contributed by atoms with van der Waals surface area (Å²) in [5.41, 5.74) is 5.64. The van der Waals surface area contributed by atoms with Crippen LogP contribution in [-0.2, 0) is 0 Å². The van der Waals surface area contributed by atoms with Crippen LogP contribution in [0.15, 0.2) is 54.9 Å². The lowest BCUT2D eigenvalue weighted by atomic mass is 10.00. The normalized spacial score (nSPS) is 14.1. The fourth-order valence-corrected chi connectivity index (χ4v) is 4.18. The molecule has 8 heteroatoms. The summed E-state index contributed by atoms with van der Waals surface area (Å²) in [6.45, 7) is 6.79. The first-order chi connectivity index (χ1) is 15.6. The molecule has 2 aromatic carbocycles. The summed E-state index contributed by atoms with van der Waals surface area (Å²) in [6.07, 6.45) is 3.46. The van der Waals surface area contributed by atoms with Gasteiger partial charge in [-0.05, 0) is 43.2 Å². The fourth-order valence-electron chi connectivity index (χ4n) is 4.18. The molecule has 1 fully saturated rings. The Morgan fingerprint density at radius 2 is 1.66 bits per heavy atom. The number of urea groups is 1. The predicted octanol–water partition coefficient (Wildman–Crippen LogP) is 3.99. The van der Waals surface area contributed by atoms with Gasteiger partial charge in [-0.1, -0.05) is 35.4 Å². The molecule has 0 radical (unpaired) electrons. The molecule has 0 unspecified atom stereocenters. The van der Waals surface area contributed by atoms with Crippen molar-refractivity contribution in [2.75, 3.05) is 36.4 Å². The summed E-state index contributed by atoms with van der Waals surface area (Å²) in [5.74, 6) is 1.25. The molecule has 0 saturated carbocycles. The van der Waals surface area contributed by atoms with Crippen molar-refractivity contribution in [3.63, 3.8) is 0 Å². The number of nitrogens with zero attached hydrogens (tertiary/aromatic N) is 5. The maximum atomic E-state index is 12.8. The van der Waals surface area contributed by atoms with Crippen LogP contribution in [0.4, 0.5) is 16.6 Å². The van der Waals surface area contributed by atoms with Gasteiger partial charge in [0.15, 0.2) is 5.82 Å². The molecular weight excluding hydrogens is 402 g/mol. The number of H-pyrrole nitrogens is 1. The molecule has 1 aliphatic rings. The molecule has 5 rings (SSSR count). The smallest absolute Gasteiger partial charge is 0.323 e. The molecule has 3 heterocycles. The molecule has 2 amide bonds. The van der Waals surface area contributed by atoms with Gasteiger partial charge in [0.25, 0.3) is 0 Å². The summed E-state index contributed by atoms with van der Waals surface area (Å²) in [5, 5.41) is 11.3. The molecule has 1 saturated heterocycles. The summed E-state index contributed by atoms with van der Waals surface area (Å²) in [6, 6.07) is 14.3. The van der Waals surface area contributed by atoms with Gasteiger partial charge in [0.1, 0.15) is 0 Å². The van der Waals surface area contributed by atoms with E-state index in [1.165, 1.54) is 16.7 Å². The van der Waals surface area contributed by atoms with Crippen molar-refractivity contribution in [1.82, 2.24) is 25.1 Å². The van der Waals surface area contributed by atoms with Crippen LogP contribution < -0.4 is 10.2 Å². The third-order valence-electron chi connectivity index (χ3n) is 5.75. The Balaban J connectivity index is 1.28. The van der Waals surface area contributed by atoms with E-state index >= 15 is 0 Å². The van der Waals surface area contributed by atoms with Crippen LogP contribution in [0.3, 0.4) is 0 Å². The van der Waals surface area contributed by atoms with E-state index in [2.05, 4.69) is 74.6 Å². The first-order valence-corrected chi connectivity index (χ1v) is 10.7. The van der Waals surface area contributed by atoms with Crippen molar-refractivity contribution in [1.29, 1.82) is 0 Å². The minimum absolute atomic E-state index is 0.148. The number of nitrogens with one attached hydrogen (secondary N) is 2. The van der Waals surface area contributed by atoms with E-state index in [0.29, 0.717) is 37.9 Å². The zero-order chi connectivity index (χ0) is 22.1. The minimum Gasteiger partial charge on any atom is -0.337 e. The van der Waals surface area contributed by atoms with E-state index in [1.54, 1.807) is 23.4 Å². The van der Waals surface area contributed by atoms with Gasteiger partial charge in [-0.3, -0.25) is 10.4 Å². The van der Waals surface area contributed by atoms with Crippen molar-refractivity contribution in [2.24, 2.45) is 0 Å². The highest BCUT2D eigenvalue weighted by Crippen LogP contribution is 2.28. The maximum Gasteiger partial charge on any atom is 0.323 e. The summed E-state index contributed by atoms with van der Waals surface area (Å²) >= 11 is 0. The van der Waals surface area contributed by atoms with Crippen LogP contribution in [0.1, 0.15) is 11.1 Å². The van der Waals surface area contributed by atoms with E-state index in [9.17, 15) is 4.79 Å². The number of hydrogen-bond donors (Lipinski definition) is 2. The van der Waals surface area contributed by atoms with Crippen molar-refractivity contribution in [3.05, 3.63) is 66.0 Å². The number of piperazine rings is 1. The molecule has 0 spiro atoms. The predicted molar refractivity (Wildman–Crippen MR) is 126 cm³/mol. The standard InChI is InChI=1S/C24H25N7O/c1-16-12-17(2)14-19(13-16)18-4-5-20-21(15-18)28-29-22(20)27-24(32)31-10-8-30(9-11-31)23-25-6-3-7-26-23/h3-7,12-15H,8-11H2,1-2H3,(H2,27,28,29,32). The Hall–Kier alpha value is -3.94. The van der Waals surface area contributed by atoms with E-state index in [-0.39, 0.29) is 6.03 Å². The lowest BCUT2D eigenvalue weighted by molar-refractivity contribution is 0.208. The first-order valence-electron chi connectivity index (χ1n) is 10.7. The van der Waals surface area contributed by atoms with E-state index in [1.807, 2.05) is 6.07 Å². The Morgan fingerprint density at radius 1 is 0.938 bits per heavy atom. The largest absolute Gasteiger partial charge is 0.337 e. The maximum absolute atomic E-state index is 12.8.